The summed E-state index contributed by atoms with van der Waals surface area (Å²) in [5.41, 5.74) is 3.17. The fourth-order valence-electron chi connectivity index (χ4n) is 3.07. The smallest absolute Gasteiger partial charge is 0.227 e. The van der Waals surface area contributed by atoms with E-state index >= 15 is 0 Å². The Morgan fingerprint density at radius 1 is 1.33 bits per heavy atom. The van der Waals surface area contributed by atoms with Crippen LogP contribution in [0.25, 0.3) is 0 Å². The second kappa shape index (κ2) is 7.07. The zero-order valence-corrected chi connectivity index (χ0v) is 13.8. The normalized spacial score (nSPS) is 16.5. The van der Waals surface area contributed by atoms with Crippen molar-refractivity contribution in [3.63, 3.8) is 0 Å². The van der Waals surface area contributed by atoms with Crippen molar-refractivity contribution in [3.05, 3.63) is 17.0 Å². The molecule has 1 fully saturated rings. The van der Waals surface area contributed by atoms with Crippen LogP contribution in [0.5, 0.6) is 0 Å². The highest BCUT2D eigenvalue weighted by atomic mass is 16.2. The van der Waals surface area contributed by atoms with Gasteiger partial charge in [-0.1, -0.05) is 6.92 Å². The second-order valence-electron chi connectivity index (χ2n) is 6.08. The average Bonchev–Trinajstić information content (AvgIpc) is 2.72. The molecular formula is C16H28N4O. The molecule has 0 spiro atoms. The number of likely N-dealkylation sites (tertiary alicyclic amines) is 1. The van der Waals surface area contributed by atoms with Gasteiger partial charge < -0.3 is 10.2 Å². The molecule has 0 saturated carbocycles. The Balaban J connectivity index is 1.88. The lowest BCUT2D eigenvalue weighted by molar-refractivity contribution is -0.131. The number of aromatic nitrogens is 2. The van der Waals surface area contributed by atoms with E-state index in [9.17, 15) is 4.79 Å². The van der Waals surface area contributed by atoms with Gasteiger partial charge >= 0.3 is 0 Å². The highest BCUT2D eigenvalue weighted by Crippen LogP contribution is 2.19. The van der Waals surface area contributed by atoms with E-state index in [2.05, 4.69) is 17.3 Å². The molecule has 118 valence electrons. The first kappa shape index (κ1) is 16.0. The third-order valence-corrected chi connectivity index (χ3v) is 4.64. The van der Waals surface area contributed by atoms with Gasteiger partial charge in [0.2, 0.25) is 5.91 Å². The zero-order valence-electron chi connectivity index (χ0n) is 13.8. The molecule has 1 aliphatic rings. The first-order valence-corrected chi connectivity index (χ1v) is 8.00. The van der Waals surface area contributed by atoms with Gasteiger partial charge in [-0.25, -0.2) is 0 Å². The van der Waals surface area contributed by atoms with Crippen LogP contribution >= 0.6 is 0 Å². The molecule has 1 aromatic rings. The second-order valence-corrected chi connectivity index (χ2v) is 6.08. The van der Waals surface area contributed by atoms with E-state index in [0.29, 0.717) is 6.42 Å². The van der Waals surface area contributed by atoms with E-state index < -0.39 is 0 Å². The molecular weight excluding hydrogens is 264 g/mol. The zero-order chi connectivity index (χ0) is 15.4. The van der Waals surface area contributed by atoms with Gasteiger partial charge in [-0.05, 0) is 45.7 Å². The van der Waals surface area contributed by atoms with Gasteiger partial charge in [0.15, 0.2) is 0 Å². The number of carbonyl (C=O) groups excluding carboxylic acids is 1. The van der Waals surface area contributed by atoms with Crippen LogP contribution in [0.15, 0.2) is 0 Å². The minimum Gasteiger partial charge on any atom is -0.342 e. The maximum atomic E-state index is 12.5. The predicted molar refractivity (Wildman–Crippen MR) is 84.2 cm³/mol. The van der Waals surface area contributed by atoms with Crippen molar-refractivity contribution in [2.24, 2.45) is 13.0 Å². The Morgan fingerprint density at radius 3 is 2.52 bits per heavy atom. The SMILES string of the molecule is CCNCC1CCN(C(=O)Cc2c(C)nn(C)c2C)CC1. The number of hydrogen-bond donors (Lipinski definition) is 1. The summed E-state index contributed by atoms with van der Waals surface area (Å²) in [6.07, 6.45) is 2.72. The van der Waals surface area contributed by atoms with Crippen molar-refractivity contribution in [2.45, 2.75) is 40.0 Å². The molecule has 0 aromatic carbocycles. The summed E-state index contributed by atoms with van der Waals surface area (Å²) in [4.78, 5) is 14.5. The molecule has 5 nitrogen and oxygen atoms in total. The lowest BCUT2D eigenvalue weighted by Gasteiger charge is -2.32. The first-order valence-electron chi connectivity index (χ1n) is 8.00. The lowest BCUT2D eigenvalue weighted by Crippen LogP contribution is -2.41. The van der Waals surface area contributed by atoms with Crippen molar-refractivity contribution in [1.82, 2.24) is 20.0 Å². The maximum Gasteiger partial charge on any atom is 0.227 e. The van der Waals surface area contributed by atoms with Crippen LogP contribution in [-0.2, 0) is 18.3 Å². The standard InChI is InChI=1S/C16H28N4O/c1-5-17-11-14-6-8-20(9-7-14)16(21)10-15-12(2)18-19(4)13(15)3/h14,17H,5-11H2,1-4H3. The molecule has 1 amide bonds. The van der Waals surface area contributed by atoms with Crippen molar-refractivity contribution < 1.29 is 4.79 Å². The van der Waals surface area contributed by atoms with Gasteiger partial charge in [-0.15, -0.1) is 0 Å². The number of amides is 1. The van der Waals surface area contributed by atoms with Crippen LogP contribution in [0.2, 0.25) is 0 Å². The van der Waals surface area contributed by atoms with E-state index in [1.54, 1.807) is 0 Å². The summed E-state index contributed by atoms with van der Waals surface area (Å²) >= 11 is 0. The van der Waals surface area contributed by atoms with E-state index in [1.807, 2.05) is 30.5 Å². The Bertz CT molecular complexity index is 487. The van der Waals surface area contributed by atoms with E-state index in [0.717, 1.165) is 61.9 Å². The van der Waals surface area contributed by atoms with Crippen LogP contribution in [0.3, 0.4) is 0 Å². The summed E-state index contributed by atoms with van der Waals surface area (Å²) < 4.78 is 1.86. The monoisotopic (exact) mass is 292 g/mol. The number of hydrogen-bond acceptors (Lipinski definition) is 3. The fraction of sp³-hybridized carbons (Fsp3) is 0.750. The van der Waals surface area contributed by atoms with Gasteiger partial charge in [-0.2, -0.15) is 5.10 Å². The van der Waals surface area contributed by atoms with Crippen LogP contribution in [-0.4, -0.2) is 46.8 Å². The van der Waals surface area contributed by atoms with Crippen molar-refractivity contribution in [3.8, 4) is 0 Å². The van der Waals surface area contributed by atoms with Crippen LogP contribution in [0.1, 0.15) is 36.7 Å². The molecule has 0 unspecified atom stereocenters. The van der Waals surface area contributed by atoms with Gasteiger partial charge in [0, 0.05) is 31.4 Å². The van der Waals surface area contributed by atoms with Crippen LogP contribution in [0.4, 0.5) is 0 Å². The Labute approximate surface area is 127 Å². The molecule has 0 radical (unpaired) electrons. The maximum absolute atomic E-state index is 12.5. The summed E-state index contributed by atoms with van der Waals surface area (Å²) in [5, 5.41) is 7.80. The molecule has 0 aliphatic carbocycles. The van der Waals surface area contributed by atoms with Crippen LogP contribution < -0.4 is 5.32 Å². The largest absolute Gasteiger partial charge is 0.342 e. The predicted octanol–water partition coefficient (Wildman–Crippen LogP) is 1.43. The van der Waals surface area contributed by atoms with E-state index in [1.165, 1.54) is 0 Å². The Kier molecular flexibility index (Phi) is 5.39. The van der Waals surface area contributed by atoms with Crippen molar-refractivity contribution in [2.75, 3.05) is 26.2 Å². The quantitative estimate of drug-likeness (QED) is 0.893. The number of nitrogens with one attached hydrogen (secondary N) is 1. The van der Waals surface area contributed by atoms with Gasteiger partial charge in [0.25, 0.3) is 0 Å². The minimum absolute atomic E-state index is 0.246. The van der Waals surface area contributed by atoms with Crippen LogP contribution in [0, 0.1) is 19.8 Å². The topological polar surface area (TPSA) is 50.2 Å². The fourth-order valence-corrected chi connectivity index (χ4v) is 3.07. The average molecular weight is 292 g/mol. The molecule has 1 aromatic heterocycles. The third kappa shape index (κ3) is 3.84. The first-order chi connectivity index (χ1) is 10.0. The summed E-state index contributed by atoms with van der Waals surface area (Å²) in [6.45, 7) is 10.1. The van der Waals surface area contributed by atoms with E-state index in [4.69, 9.17) is 0 Å². The molecule has 5 heteroatoms. The number of nitrogens with zero attached hydrogens (tertiary/aromatic N) is 3. The summed E-state index contributed by atoms with van der Waals surface area (Å²) in [5.74, 6) is 0.965. The van der Waals surface area contributed by atoms with Crippen molar-refractivity contribution >= 4 is 5.91 Å². The van der Waals surface area contributed by atoms with E-state index in [-0.39, 0.29) is 5.91 Å². The summed E-state index contributed by atoms with van der Waals surface area (Å²) in [7, 11) is 1.93. The molecule has 1 N–H and O–H groups in total. The summed E-state index contributed by atoms with van der Waals surface area (Å²) in [6, 6.07) is 0. The highest BCUT2D eigenvalue weighted by Gasteiger charge is 2.24. The molecule has 1 saturated heterocycles. The Hall–Kier alpha value is -1.36. The van der Waals surface area contributed by atoms with Gasteiger partial charge in [0.1, 0.15) is 0 Å². The minimum atomic E-state index is 0.246. The number of carbonyl (C=O) groups is 1. The molecule has 2 heterocycles. The third-order valence-electron chi connectivity index (χ3n) is 4.64. The molecule has 0 bridgehead atoms. The molecule has 2 rings (SSSR count). The lowest BCUT2D eigenvalue weighted by atomic mass is 9.96. The highest BCUT2D eigenvalue weighted by molar-refractivity contribution is 5.79. The van der Waals surface area contributed by atoms with Crippen molar-refractivity contribution in [1.29, 1.82) is 0 Å². The number of aryl methyl sites for hydroxylation is 2. The number of piperidine rings is 1. The molecule has 21 heavy (non-hydrogen) atoms. The molecule has 1 aliphatic heterocycles. The van der Waals surface area contributed by atoms with Gasteiger partial charge in [-0.3, -0.25) is 9.48 Å². The number of rotatable bonds is 5. The Morgan fingerprint density at radius 2 is 2.00 bits per heavy atom. The molecule has 0 atom stereocenters. The van der Waals surface area contributed by atoms with Gasteiger partial charge in [0.05, 0.1) is 12.1 Å².